The van der Waals surface area contributed by atoms with Crippen molar-refractivity contribution in [3.05, 3.63) is 75.9 Å². The molecule has 0 atom stereocenters. The molecule has 0 bridgehead atoms. The molecule has 0 unspecified atom stereocenters. The molecule has 0 spiro atoms. The molecule has 0 aliphatic heterocycles. The lowest BCUT2D eigenvalue weighted by Crippen LogP contribution is -2.30. The first-order valence-corrected chi connectivity index (χ1v) is 8.43. The zero-order valence-corrected chi connectivity index (χ0v) is 14.7. The molecule has 3 rings (SSSR count). The summed E-state index contributed by atoms with van der Waals surface area (Å²) in [5.74, 6) is -0.0331. The lowest BCUT2D eigenvalue weighted by Gasteiger charge is -2.22. The molecule has 0 saturated carbocycles. The highest BCUT2D eigenvalue weighted by molar-refractivity contribution is 6.31. The Bertz CT molecular complexity index is 895. The number of benzene rings is 2. The van der Waals surface area contributed by atoms with E-state index in [1.807, 2.05) is 49.4 Å². The third-order valence-corrected chi connectivity index (χ3v) is 4.47. The molecule has 122 valence electrons. The minimum absolute atomic E-state index is 0.0331. The maximum absolute atomic E-state index is 12.8. The van der Waals surface area contributed by atoms with Crippen LogP contribution in [-0.4, -0.2) is 22.3 Å². The normalized spacial score (nSPS) is 10.8. The average Bonchev–Trinajstić information content (AvgIpc) is 2.60. The summed E-state index contributed by atoms with van der Waals surface area (Å²) in [6.45, 7) is 3.03. The van der Waals surface area contributed by atoms with Gasteiger partial charge in [-0.3, -0.25) is 4.79 Å². The maximum Gasteiger partial charge on any atom is 0.254 e. The largest absolute Gasteiger partial charge is 0.335 e. The molecular weight excluding hydrogens is 343 g/mol. The quantitative estimate of drug-likeness (QED) is 0.600. The zero-order valence-electron chi connectivity index (χ0n) is 13.2. The number of carbonyl (C=O) groups excluding carboxylic acids is 1. The molecule has 24 heavy (non-hydrogen) atoms. The molecule has 0 radical (unpaired) electrons. The molecule has 0 N–H and O–H groups in total. The van der Waals surface area contributed by atoms with Gasteiger partial charge in [-0.1, -0.05) is 41.4 Å². The number of halogens is 2. The van der Waals surface area contributed by atoms with E-state index in [9.17, 15) is 4.79 Å². The monoisotopic (exact) mass is 358 g/mol. The molecule has 2 aromatic carbocycles. The fraction of sp³-hybridized carbons (Fsp3) is 0.158. The van der Waals surface area contributed by atoms with Crippen LogP contribution in [0.4, 0.5) is 0 Å². The van der Waals surface area contributed by atoms with E-state index in [4.69, 9.17) is 23.2 Å². The van der Waals surface area contributed by atoms with Crippen LogP contribution >= 0.6 is 23.2 Å². The van der Waals surface area contributed by atoms with Crippen molar-refractivity contribution in [1.82, 2.24) is 9.88 Å². The van der Waals surface area contributed by atoms with Crippen LogP contribution in [0.15, 0.2) is 54.6 Å². The minimum atomic E-state index is -0.0331. The van der Waals surface area contributed by atoms with Gasteiger partial charge in [-0.05, 0) is 48.9 Å². The Morgan fingerprint density at radius 1 is 1.08 bits per heavy atom. The predicted octanol–water partition coefficient (Wildman–Crippen LogP) is 5.20. The molecule has 3 aromatic rings. The Balaban J connectivity index is 1.88. The Hall–Kier alpha value is -2.10. The van der Waals surface area contributed by atoms with Gasteiger partial charge in [0.2, 0.25) is 0 Å². The molecule has 5 heteroatoms. The zero-order chi connectivity index (χ0) is 17.1. The number of nitrogens with zero attached hydrogens (tertiary/aromatic N) is 2. The van der Waals surface area contributed by atoms with Crippen LogP contribution < -0.4 is 0 Å². The third-order valence-electron chi connectivity index (χ3n) is 3.89. The van der Waals surface area contributed by atoms with Crippen molar-refractivity contribution in [2.45, 2.75) is 13.5 Å². The van der Waals surface area contributed by atoms with E-state index >= 15 is 0 Å². The van der Waals surface area contributed by atoms with Gasteiger partial charge in [0.1, 0.15) is 5.15 Å². The summed E-state index contributed by atoms with van der Waals surface area (Å²) in [4.78, 5) is 18.9. The van der Waals surface area contributed by atoms with Gasteiger partial charge < -0.3 is 4.90 Å². The van der Waals surface area contributed by atoms with Crippen LogP contribution in [0.3, 0.4) is 0 Å². The van der Waals surface area contributed by atoms with Crippen LogP contribution in [0.5, 0.6) is 0 Å². The predicted molar refractivity (Wildman–Crippen MR) is 98.6 cm³/mol. The molecule has 0 aliphatic carbocycles. The summed E-state index contributed by atoms with van der Waals surface area (Å²) >= 11 is 12.1. The van der Waals surface area contributed by atoms with Crippen LogP contribution in [0.2, 0.25) is 10.2 Å². The van der Waals surface area contributed by atoms with Gasteiger partial charge in [0.15, 0.2) is 0 Å². The van der Waals surface area contributed by atoms with Crippen molar-refractivity contribution in [3.63, 3.8) is 0 Å². The van der Waals surface area contributed by atoms with Crippen molar-refractivity contribution in [3.8, 4) is 0 Å². The Kier molecular flexibility index (Phi) is 5.03. The number of hydrogen-bond donors (Lipinski definition) is 0. The molecule has 1 amide bonds. The number of pyridine rings is 1. The number of rotatable bonds is 4. The first kappa shape index (κ1) is 16.7. The summed E-state index contributed by atoms with van der Waals surface area (Å²) in [6.07, 6.45) is 0. The molecule has 3 nitrogen and oxygen atoms in total. The van der Waals surface area contributed by atoms with Crippen LogP contribution in [-0.2, 0) is 6.54 Å². The van der Waals surface area contributed by atoms with Gasteiger partial charge in [0, 0.05) is 29.1 Å². The van der Waals surface area contributed by atoms with Crippen molar-refractivity contribution in [1.29, 1.82) is 0 Å². The molecule has 1 heterocycles. The summed E-state index contributed by atoms with van der Waals surface area (Å²) in [7, 11) is 0. The highest BCUT2D eigenvalue weighted by atomic mass is 35.5. The summed E-state index contributed by atoms with van der Waals surface area (Å²) in [6, 6.07) is 16.6. The van der Waals surface area contributed by atoms with Gasteiger partial charge >= 0.3 is 0 Å². The topological polar surface area (TPSA) is 33.2 Å². The SMILES string of the molecule is CCN(Cc1ccccc1Cl)C(=O)c1ccc2nc(Cl)ccc2c1. The summed E-state index contributed by atoms with van der Waals surface area (Å²) in [5.41, 5.74) is 2.33. The van der Waals surface area contributed by atoms with E-state index in [1.165, 1.54) is 0 Å². The standard InChI is InChI=1S/C19H16Cl2N2O/c1-2-23(12-15-5-3-4-6-16(15)20)19(24)14-7-9-17-13(11-14)8-10-18(21)22-17/h3-11H,2,12H2,1H3. The summed E-state index contributed by atoms with van der Waals surface area (Å²) < 4.78 is 0. The molecule has 0 fully saturated rings. The minimum Gasteiger partial charge on any atom is -0.335 e. The Morgan fingerprint density at radius 3 is 2.62 bits per heavy atom. The van der Waals surface area contributed by atoms with Gasteiger partial charge in [-0.15, -0.1) is 0 Å². The molecular formula is C19H16Cl2N2O. The number of amides is 1. The fourth-order valence-electron chi connectivity index (χ4n) is 2.58. The van der Waals surface area contributed by atoms with Crippen molar-refractivity contribution < 1.29 is 4.79 Å². The Labute approximate surface area is 150 Å². The van der Waals surface area contributed by atoms with Crippen molar-refractivity contribution in [2.75, 3.05) is 6.54 Å². The lowest BCUT2D eigenvalue weighted by atomic mass is 10.1. The smallest absolute Gasteiger partial charge is 0.254 e. The Morgan fingerprint density at radius 2 is 1.88 bits per heavy atom. The number of carbonyl (C=O) groups is 1. The van der Waals surface area contributed by atoms with E-state index in [1.54, 1.807) is 17.0 Å². The third kappa shape index (κ3) is 3.53. The second kappa shape index (κ2) is 7.20. The van der Waals surface area contributed by atoms with Gasteiger partial charge in [-0.2, -0.15) is 0 Å². The number of fused-ring (bicyclic) bond motifs is 1. The van der Waals surface area contributed by atoms with Crippen LogP contribution in [0, 0.1) is 0 Å². The van der Waals surface area contributed by atoms with E-state index in [0.717, 1.165) is 16.5 Å². The molecule has 1 aromatic heterocycles. The first-order valence-electron chi connectivity index (χ1n) is 7.67. The molecule has 0 saturated heterocycles. The number of hydrogen-bond acceptors (Lipinski definition) is 2. The van der Waals surface area contributed by atoms with Crippen molar-refractivity contribution in [2.24, 2.45) is 0 Å². The van der Waals surface area contributed by atoms with Gasteiger partial charge in [-0.25, -0.2) is 4.98 Å². The first-order chi connectivity index (χ1) is 11.6. The van der Waals surface area contributed by atoms with Gasteiger partial charge in [0.25, 0.3) is 5.91 Å². The van der Waals surface area contributed by atoms with E-state index in [0.29, 0.717) is 28.8 Å². The van der Waals surface area contributed by atoms with E-state index in [-0.39, 0.29) is 5.91 Å². The fourth-order valence-corrected chi connectivity index (χ4v) is 2.93. The summed E-state index contributed by atoms with van der Waals surface area (Å²) in [5, 5.41) is 2.00. The van der Waals surface area contributed by atoms with E-state index < -0.39 is 0 Å². The maximum atomic E-state index is 12.8. The molecule has 0 aliphatic rings. The van der Waals surface area contributed by atoms with Gasteiger partial charge in [0.05, 0.1) is 5.52 Å². The van der Waals surface area contributed by atoms with E-state index in [2.05, 4.69) is 4.98 Å². The van der Waals surface area contributed by atoms with Crippen LogP contribution in [0.25, 0.3) is 10.9 Å². The second-order valence-corrected chi connectivity index (χ2v) is 6.25. The highest BCUT2D eigenvalue weighted by Crippen LogP contribution is 2.21. The van der Waals surface area contributed by atoms with Crippen LogP contribution in [0.1, 0.15) is 22.8 Å². The average molecular weight is 359 g/mol. The van der Waals surface area contributed by atoms with Crippen molar-refractivity contribution >= 4 is 40.0 Å². The number of aromatic nitrogens is 1. The highest BCUT2D eigenvalue weighted by Gasteiger charge is 2.16. The lowest BCUT2D eigenvalue weighted by molar-refractivity contribution is 0.0753. The second-order valence-electron chi connectivity index (χ2n) is 5.45.